The topological polar surface area (TPSA) is 72.5 Å². The summed E-state index contributed by atoms with van der Waals surface area (Å²) in [6.07, 6.45) is 2.47. The first-order chi connectivity index (χ1) is 11.7. The second kappa shape index (κ2) is 7.74. The van der Waals surface area contributed by atoms with Gasteiger partial charge < -0.3 is 20.1 Å². The number of nitrogens with zero attached hydrogens (tertiary/aromatic N) is 1. The van der Waals surface area contributed by atoms with Gasteiger partial charge in [0, 0.05) is 25.1 Å². The van der Waals surface area contributed by atoms with E-state index in [-0.39, 0.29) is 11.8 Å². The Morgan fingerprint density at radius 2 is 2.12 bits per heavy atom. The minimum atomic E-state index is -0.329. The van der Waals surface area contributed by atoms with Crippen molar-refractivity contribution in [1.29, 1.82) is 0 Å². The van der Waals surface area contributed by atoms with Crippen molar-refractivity contribution in [2.45, 2.75) is 6.42 Å². The summed E-state index contributed by atoms with van der Waals surface area (Å²) in [4.78, 5) is 15.9. The van der Waals surface area contributed by atoms with Crippen LogP contribution in [0.3, 0.4) is 0 Å². The van der Waals surface area contributed by atoms with Gasteiger partial charge in [0.1, 0.15) is 11.6 Å². The molecule has 1 aliphatic rings. The summed E-state index contributed by atoms with van der Waals surface area (Å²) in [5, 5.41) is 5.51. The SMILES string of the molecule is O=C(NCC1CCOC1)Nc1ccc(Oc2ccc(F)cc2)nc1. The van der Waals surface area contributed by atoms with Gasteiger partial charge in [-0.05, 0) is 36.8 Å². The van der Waals surface area contributed by atoms with Gasteiger partial charge in [-0.3, -0.25) is 0 Å². The van der Waals surface area contributed by atoms with Crippen LogP contribution in [0.2, 0.25) is 0 Å². The zero-order valence-electron chi connectivity index (χ0n) is 13.0. The Bertz CT molecular complexity index is 670. The third-order valence-electron chi connectivity index (χ3n) is 3.61. The van der Waals surface area contributed by atoms with E-state index in [2.05, 4.69) is 15.6 Å². The number of rotatable bonds is 5. The summed E-state index contributed by atoms with van der Waals surface area (Å²) in [6, 6.07) is 8.69. The number of hydrogen-bond donors (Lipinski definition) is 2. The Kier molecular flexibility index (Phi) is 5.22. The number of hydrogen-bond acceptors (Lipinski definition) is 4. The number of nitrogens with one attached hydrogen (secondary N) is 2. The molecule has 0 spiro atoms. The molecular weight excluding hydrogens is 313 g/mol. The zero-order valence-corrected chi connectivity index (χ0v) is 13.0. The normalized spacial score (nSPS) is 16.6. The molecule has 24 heavy (non-hydrogen) atoms. The number of pyridine rings is 1. The van der Waals surface area contributed by atoms with Crippen LogP contribution in [-0.4, -0.2) is 30.8 Å². The van der Waals surface area contributed by atoms with Gasteiger partial charge in [-0.2, -0.15) is 0 Å². The van der Waals surface area contributed by atoms with Crippen LogP contribution < -0.4 is 15.4 Å². The monoisotopic (exact) mass is 331 g/mol. The lowest BCUT2D eigenvalue weighted by Crippen LogP contribution is -2.33. The summed E-state index contributed by atoms with van der Waals surface area (Å²) < 4.78 is 23.6. The number of benzene rings is 1. The molecule has 2 aromatic rings. The van der Waals surface area contributed by atoms with Crippen molar-refractivity contribution < 1.29 is 18.7 Å². The van der Waals surface area contributed by atoms with Crippen molar-refractivity contribution in [1.82, 2.24) is 10.3 Å². The molecule has 1 atom stereocenters. The number of carbonyl (C=O) groups is 1. The van der Waals surface area contributed by atoms with E-state index in [1.54, 1.807) is 12.1 Å². The first-order valence-electron chi connectivity index (χ1n) is 7.71. The third kappa shape index (κ3) is 4.66. The van der Waals surface area contributed by atoms with E-state index >= 15 is 0 Å². The number of ether oxygens (including phenoxy) is 2. The number of urea groups is 1. The van der Waals surface area contributed by atoms with Crippen molar-refractivity contribution in [3.8, 4) is 11.6 Å². The molecule has 7 heteroatoms. The fraction of sp³-hybridized carbons (Fsp3) is 0.294. The lowest BCUT2D eigenvalue weighted by molar-refractivity contribution is 0.185. The summed E-state index contributed by atoms with van der Waals surface area (Å²) in [5.74, 6) is 0.891. The van der Waals surface area contributed by atoms with Crippen LogP contribution in [0.15, 0.2) is 42.6 Å². The number of halogens is 1. The van der Waals surface area contributed by atoms with Crippen LogP contribution in [0.1, 0.15) is 6.42 Å². The standard InChI is InChI=1S/C17H18FN3O3/c18-13-1-4-15(5-2-13)24-16-6-3-14(10-19-16)21-17(22)20-9-12-7-8-23-11-12/h1-6,10,12H,7-9,11H2,(H2,20,21,22). The summed E-state index contributed by atoms with van der Waals surface area (Å²) >= 11 is 0. The molecule has 1 aliphatic heterocycles. The number of aromatic nitrogens is 1. The Labute approximate surface area is 139 Å². The minimum Gasteiger partial charge on any atom is -0.439 e. The van der Waals surface area contributed by atoms with Crippen LogP contribution in [0.4, 0.5) is 14.9 Å². The molecular formula is C17H18FN3O3. The van der Waals surface area contributed by atoms with Crippen LogP contribution in [0.25, 0.3) is 0 Å². The predicted octanol–water partition coefficient (Wildman–Crippen LogP) is 3.17. The smallest absolute Gasteiger partial charge is 0.319 e. The molecule has 0 aliphatic carbocycles. The van der Waals surface area contributed by atoms with Gasteiger partial charge in [0.25, 0.3) is 0 Å². The Balaban J connectivity index is 1.48. The first kappa shape index (κ1) is 16.2. The average molecular weight is 331 g/mol. The molecule has 1 unspecified atom stereocenters. The summed E-state index contributed by atoms with van der Waals surface area (Å²) in [6.45, 7) is 2.04. The van der Waals surface area contributed by atoms with Crippen molar-refractivity contribution in [2.75, 3.05) is 25.1 Å². The highest BCUT2D eigenvalue weighted by Gasteiger charge is 2.16. The van der Waals surface area contributed by atoms with E-state index in [9.17, 15) is 9.18 Å². The zero-order chi connectivity index (χ0) is 16.8. The molecule has 0 radical (unpaired) electrons. The van der Waals surface area contributed by atoms with Crippen molar-refractivity contribution in [3.05, 3.63) is 48.4 Å². The first-order valence-corrected chi connectivity index (χ1v) is 7.71. The number of anilines is 1. The van der Waals surface area contributed by atoms with Crippen molar-refractivity contribution in [3.63, 3.8) is 0 Å². The molecule has 1 fully saturated rings. The van der Waals surface area contributed by atoms with Crippen molar-refractivity contribution in [2.24, 2.45) is 5.92 Å². The molecule has 1 aromatic heterocycles. The molecule has 6 nitrogen and oxygen atoms in total. The summed E-state index contributed by atoms with van der Waals surface area (Å²) in [7, 11) is 0. The largest absolute Gasteiger partial charge is 0.439 e. The van der Waals surface area contributed by atoms with Gasteiger partial charge >= 0.3 is 6.03 Å². The van der Waals surface area contributed by atoms with Gasteiger partial charge in [-0.1, -0.05) is 0 Å². The van der Waals surface area contributed by atoms with Crippen LogP contribution >= 0.6 is 0 Å². The van der Waals surface area contributed by atoms with E-state index in [0.717, 1.165) is 13.0 Å². The Hall–Kier alpha value is -2.67. The Morgan fingerprint density at radius 3 is 2.79 bits per heavy atom. The minimum absolute atomic E-state index is 0.282. The van der Waals surface area contributed by atoms with E-state index < -0.39 is 0 Å². The van der Waals surface area contributed by atoms with E-state index in [1.807, 2.05) is 0 Å². The van der Waals surface area contributed by atoms with Gasteiger partial charge in [-0.15, -0.1) is 0 Å². The van der Waals surface area contributed by atoms with Gasteiger partial charge in [-0.25, -0.2) is 14.2 Å². The highest BCUT2D eigenvalue weighted by atomic mass is 19.1. The lowest BCUT2D eigenvalue weighted by Gasteiger charge is -2.11. The highest BCUT2D eigenvalue weighted by molar-refractivity contribution is 5.89. The Morgan fingerprint density at radius 1 is 1.29 bits per heavy atom. The quantitative estimate of drug-likeness (QED) is 0.883. The molecule has 126 valence electrons. The van der Waals surface area contributed by atoms with Gasteiger partial charge in [0.15, 0.2) is 0 Å². The molecule has 2 N–H and O–H groups in total. The predicted molar refractivity (Wildman–Crippen MR) is 86.7 cm³/mol. The second-order valence-corrected chi connectivity index (χ2v) is 5.51. The maximum Gasteiger partial charge on any atom is 0.319 e. The maximum atomic E-state index is 12.8. The van der Waals surface area contributed by atoms with Gasteiger partial charge in [0.05, 0.1) is 18.5 Å². The fourth-order valence-electron chi connectivity index (χ4n) is 2.29. The van der Waals surface area contributed by atoms with Gasteiger partial charge in [0.2, 0.25) is 5.88 Å². The number of amides is 2. The van der Waals surface area contributed by atoms with Crippen LogP contribution in [0, 0.1) is 11.7 Å². The molecule has 0 bridgehead atoms. The van der Waals surface area contributed by atoms with E-state index in [4.69, 9.17) is 9.47 Å². The molecule has 2 amide bonds. The summed E-state index contributed by atoms with van der Waals surface area (Å²) in [5.41, 5.74) is 0.557. The van der Waals surface area contributed by atoms with E-state index in [1.165, 1.54) is 30.5 Å². The van der Waals surface area contributed by atoms with Crippen molar-refractivity contribution >= 4 is 11.7 Å². The van der Waals surface area contributed by atoms with Crippen LogP contribution in [0.5, 0.6) is 11.6 Å². The lowest BCUT2D eigenvalue weighted by atomic mass is 10.1. The second-order valence-electron chi connectivity index (χ2n) is 5.51. The average Bonchev–Trinajstić information content (AvgIpc) is 3.10. The molecule has 0 saturated carbocycles. The molecule has 2 heterocycles. The fourth-order valence-corrected chi connectivity index (χ4v) is 2.29. The maximum absolute atomic E-state index is 12.8. The highest BCUT2D eigenvalue weighted by Crippen LogP contribution is 2.20. The molecule has 1 saturated heterocycles. The van der Waals surface area contributed by atoms with Crippen LogP contribution in [-0.2, 0) is 4.74 Å². The molecule has 3 rings (SSSR count). The number of carbonyl (C=O) groups excluding carboxylic acids is 1. The third-order valence-corrected chi connectivity index (χ3v) is 3.61. The molecule has 1 aromatic carbocycles. The van der Waals surface area contributed by atoms with E-state index in [0.29, 0.717) is 36.4 Å².